The Morgan fingerprint density at radius 1 is 1.38 bits per heavy atom. The van der Waals surface area contributed by atoms with Gasteiger partial charge in [0, 0.05) is 25.2 Å². The summed E-state index contributed by atoms with van der Waals surface area (Å²) in [6.07, 6.45) is 3.09. The first-order valence-electron chi connectivity index (χ1n) is 9.10. The van der Waals surface area contributed by atoms with Gasteiger partial charge in [0.05, 0.1) is 5.69 Å². The van der Waals surface area contributed by atoms with Crippen LogP contribution in [-0.2, 0) is 6.61 Å². The fraction of sp³-hybridized carbons (Fsp3) is 0.474. The Labute approximate surface area is 152 Å². The van der Waals surface area contributed by atoms with Crippen molar-refractivity contribution in [3.05, 3.63) is 47.5 Å². The standard InChI is InChI=1S/C19H25FN4O2/c1-2-8-24-9-6-15(7-10-24)21-19(25)18-12-16(22-23-18)13-26-17-5-3-4-14(20)11-17/h3-5,11-12,15H,2,6-10,13H2,1H3,(H,21,25)(H,22,23). The molecule has 1 fully saturated rings. The third-order valence-corrected chi connectivity index (χ3v) is 4.52. The summed E-state index contributed by atoms with van der Waals surface area (Å²) in [5, 5.41) is 9.90. The van der Waals surface area contributed by atoms with E-state index in [4.69, 9.17) is 4.74 Å². The van der Waals surface area contributed by atoms with E-state index in [2.05, 4.69) is 27.3 Å². The molecule has 1 amide bonds. The number of benzene rings is 1. The van der Waals surface area contributed by atoms with Gasteiger partial charge in [0.25, 0.3) is 5.91 Å². The molecular formula is C19H25FN4O2. The molecule has 26 heavy (non-hydrogen) atoms. The topological polar surface area (TPSA) is 70.2 Å². The fourth-order valence-electron chi connectivity index (χ4n) is 3.15. The lowest BCUT2D eigenvalue weighted by atomic mass is 10.0. The van der Waals surface area contributed by atoms with Crippen molar-refractivity contribution in [3.8, 4) is 5.75 Å². The molecule has 2 aromatic rings. The molecule has 1 saturated heterocycles. The monoisotopic (exact) mass is 360 g/mol. The number of carbonyl (C=O) groups is 1. The molecule has 1 aliphatic heterocycles. The molecule has 7 heteroatoms. The Hall–Kier alpha value is -2.41. The largest absolute Gasteiger partial charge is 0.487 e. The highest BCUT2D eigenvalue weighted by Gasteiger charge is 2.21. The van der Waals surface area contributed by atoms with Crippen molar-refractivity contribution in [2.45, 2.75) is 38.8 Å². The number of ether oxygens (including phenoxy) is 1. The molecule has 0 saturated carbocycles. The smallest absolute Gasteiger partial charge is 0.271 e. The molecule has 2 heterocycles. The predicted molar refractivity (Wildman–Crippen MR) is 96.5 cm³/mol. The van der Waals surface area contributed by atoms with Crippen LogP contribution in [0.5, 0.6) is 5.75 Å². The highest BCUT2D eigenvalue weighted by molar-refractivity contribution is 5.92. The highest BCUT2D eigenvalue weighted by atomic mass is 19.1. The van der Waals surface area contributed by atoms with Crippen LogP contribution in [0.3, 0.4) is 0 Å². The SMILES string of the molecule is CCCN1CCC(NC(=O)c2cc(COc3cccc(F)c3)[nH]n2)CC1. The minimum absolute atomic E-state index is 0.174. The molecule has 1 aromatic carbocycles. The molecule has 0 unspecified atom stereocenters. The number of nitrogens with one attached hydrogen (secondary N) is 2. The zero-order valence-electron chi connectivity index (χ0n) is 15.0. The van der Waals surface area contributed by atoms with E-state index in [0.29, 0.717) is 17.1 Å². The molecule has 140 valence electrons. The van der Waals surface area contributed by atoms with Crippen LogP contribution >= 0.6 is 0 Å². The quantitative estimate of drug-likeness (QED) is 0.797. The van der Waals surface area contributed by atoms with Crippen LogP contribution in [0.2, 0.25) is 0 Å². The van der Waals surface area contributed by atoms with Gasteiger partial charge in [-0.25, -0.2) is 4.39 Å². The van der Waals surface area contributed by atoms with E-state index in [0.717, 1.165) is 38.9 Å². The van der Waals surface area contributed by atoms with Crippen molar-refractivity contribution in [1.29, 1.82) is 0 Å². The van der Waals surface area contributed by atoms with Crippen LogP contribution in [0.4, 0.5) is 4.39 Å². The summed E-state index contributed by atoms with van der Waals surface area (Å²) in [5.41, 5.74) is 1.01. The molecule has 1 aromatic heterocycles. The summed E-state index contributed by atoms with van der Waals surface area (Å²) in [6, 6.07) is 7.80. The maximum absolute atomic E-state index is 13.1. The molecular weight excluding hydrogens is 335 g/mol. The summed E-state index contributed by atoms with van der Waals surface area (Å²) in [5.74, 6) is -0.0891. The van der Waals surface area contributed by atoms with Gasteiger partial charge in [-0.3, -0.25) is 9.89 Å². The number of hydrogen-bond donors (Lipinski definition) is 2. The van der Waals surface area contributed by atoms with Gasteiger partial charge in [0.15, 0.2) is 0 Å². The zero-order valence-corrected chi connectivity index (χ0v) is 15.0. The number of halogens is 1. The number of hydrogen-bond acceptors (Lipinski definition) is 4. The van der Waals surface area contributed by atoms with E-state index in [1.54, 1.807) is 18.2 Å². The lowest BCUT2D eigenvalue weighted by Gasteiger charge is -2.31. The minimum atomic E-state index is -0.350. The second-order valence-electron chi connectivity index (χ2n) is 6.61. The van der Waals surface area contributed by atoms with Gasteiger partial charge >= 0.3 is 0 Å². The number of aromatic amines is 1. The van der Waals surface area contributed by atoms with Gasteiger partial charge in [0.2, 0.25) is 0 Å². The van der Waals surface area contributed by atoms with Gasteiger partial charge in [-0.05, 0) is 44.0 Å². The number of nitrogens with zero attached hydrogens (tertiary/aromatic N) is 2. The van der Waals surface area contributed by atoms with Crippen molar-refractivity contribution < 1.29 is 13.9 Å². The first-order valence-corrected chi connectivity index (χ1v) is 9.10. The Balaban J connectivity index is 1.47. The fourth-order valence-corrected chi connectivity index (χ4v) is 3.15. The number of aromatic nitrogens is 2. The molecule has 0 aliphatic carbocycles. The van der Waals surface area contributed by atoms with Gasteiger partial charge in [-0.15, -0.1) is 0 Å². The molecule has 2 N–H and O–H groups in total. The average Bonchev–Trinajstić information content (AvgIpc) is 3.11. The highest BCUT2D eigenvalue weighted by Crippen LogP contribution is 2.14. The van der Waals surface area contributed by atoms with Crippen molar-refractivity contribution in [2.75, 3.05) is 19.6 Å². The minimum Gasteiger partial charge on any atom is -0.487 e. The average molecular weight is 360 g/mol. The van der Waals surface area contributed by atoms with Crippen LogP contribution in [0.25, 0.3) is 0 Å². The third kappa shape index (κ3) is 5.05. The second kappa shape index (κ2) is 8.80. The Morgan fingerprint density at radius 2 is 2.19 bits per heavy atom. The normalized spacial score (nSPS) is 15.8. The summed E-state index contributed by atoms with van der Waals surface area (Å²) in [7, 11) is 0. The Kier molecular flexibility index (Phi) is 6.22. The number of amides is 1. The Morgan fingerprint density at radius 3 is 2.92 bits per heavy atom. The predicted octanol–water partition coefficient (Wildman–Crippen LogP) is 2.73. The van der Waals surface area contributed by atoms with Gasteiger partial charge in [-0.2, -0.15) is 5.10 Å². The van der Waals surface area contributed by atoms with Crippen molar-refractivity contribution in [3.63, 3.8) is 0 Å². The number of likely N-dealkylation sites (tertiary alicyclic amines) is 1. The van der Waals surface area contributed by atoms with E-state index in [-0.39, 0.29) is 24.4 Å². The lowest BCUT2D eigenvalue weighted by molar-refractivity contribution is 0.0906. The van der Waals surface area contributed by atoms with E-state index >= 15 is 0 Å². The van der Waals surface area contributed by atoms with E-state index in [1.807, 2.05) is 0 Å². The lowest BCUT2D eigenvalue weighted by Crippen LogP contribution is -2.44. The molecule has 3 rings (SSSR count). The summed E-state index contributed by atoms with van der Waals surface area (Å²) in [4.78, 5) is 14.8. The summed E-state index contributed by atoms with van der Waals surface area (Å²) < 4.78 is 18.6. The molecule has 0 spiro atoms. The maximum Gasteiger partial charge on any atom is 0.271 e. The molecule has 6 nitrogen and oxygen atoms in total. The van der Waals surface area contributed by atoms with Crippen LogP contribution < -0.4 is 10.1 Å². The number of carbonyl (C=O) groups excluding carboxylic acids is 1. The summed E-state index contributed by atoms with van der Waals surface area (Å²) in [6.45, 7) is 5.53. The summed E-state index contributed by atoms with van der Waals surface area (Å²) >= 11 is 0. The van der Waals surface area contributed by atoms with Crippen molar-refractivity contribution >= 4 is 5.91 Å². The second-order valence-corrected chi connectivity index (χ2v) is 6.61. The molecule has 1 aliphatic rings. The van der Waals surface area contributed by atoms with E-state index in [9.17, 15) is 9.18 Å². The van der Waals surface area contributed by atoms with E-state index in [1.165, 1.54) is 12.1 Å². The van der Waals surface area contributed by atoms with Crippen LogP contribution in [-0.4, -0.2) is 46.7 Å². The van der Waals surface area contributed by atoms with Gasteiger partial charge in [0.1, 0.15) is 23.9 Å². The van der Waals surface area contributed by atoms with Crippen molar-refractivity contribution in [2.24, 2.45) is 0 Å². The maximum atomic E-state index is 13.1. The number of H-pyrrole nitrogens is 1. The molecule has 0 bridgehead atoms. The molecule has 0 atom stereocenters. The van der Waals surface area contributed by atoms with Crippen LogP contribution in [0, 0.1) is 5.82 Å². The van der Waals surface area contributed by atoms with Gasteiger partial charge < -0.3 is 15.0 Å². The first-order chi connectivity index (χ1) is 12.6. The zero-order chi connectivity index (χ0) is 18.4. The number of rotatable bonds is 7. The van der Waals surface area contributed by atoms with Crippen LogP contribution in [0.1, 0.15) is 42.4 Å². The third-order valence-electron chi connectivity index (χ3n) is 4.52. The molecule has 0 radical (unpaired) electrons. The van der Waals surface area contributed by atoms with E-state index < -0.39 is 0 Å². The van der Waals surface area contributed by atoms with Crippen molar-refractivity contribution in [1.82, 2.24) is 20.4 Å². The van der Waals surface area contributed by atoms with Crippen LogP contribution in [0.15, 0.2) is 30.3 Å². The first kappa shape index (κ1) is 18.4. The van der Waals surface area contributed by atoms with Gasteiger partial charge in [-0.1, -0.05) is 13.0 Å². The number of piperidine rings is 1. The Bertz CT molecular complexity index is 726.